The van der Waals surface area contributed by atoms with Gasteiger partial charge in [0.1, 0.15) is 17.6 Å². The van der Waals surface area contributed by atoms with E-state index in [1.54, 1.807) is 0 Å². The fourth-order valence-electron chi connectivity index (χ4n) is 2.02. The van der Waals surface area contributed by atoms with Crippen LogP contribution in [0.1, 0.15) is 26.2 Å². The Kier molecular flexibility index (Phi) is 3.67. The highest BCUT2D eigenvalue weighted by molar-refractivity contribution is 5.33. The van der Waals surface area contributed by atoms with E-state index in [4.69, 9.17) is 9.47 Å². The third kappa shape index (κ3) is 2.67. The number of aliphatic hydroxyl groups is 1. The second-order valence-electron chi connectivity index (χ2n) is 4.06. The van der Waals surface area contributed by atoms with Crippen molar-refractivity contribution >= 4 is 0 Å². The van der Waals surface area contributed by atoms with Gasteiger partial charge in [-0.3, -0.25) is 0 Å². The summed E-state index contributed by atoms with van der Waals surface area (Å²) < 4.78 is 11.1. The third-order valence-corrected chi connectivity index (χ3v) is 2.82. The van der Waals surface area contributed by atoms with Crippen molar-refractivity contribution in [2.24, 2.45) is 0 Å². The van der Waals surface area contributed by atoms with Crippen molar-refractivity contribution in [2.45, 2.75) is 38.4 Å². The smallest absolute Gasteiger partial charge is 0.124 e. The van der Waals surface area contributed by atoms with Crippen LogP contribution < -0.4 is 9.47 Å². The summed E-state index contributed by atoms with van der Waals surface area (Å²) in [5.41, 5.74) is 0. The first-order valence-electron chi connectivity index (χ1n) is 5.87. The molecular formula is C13H18O3. The highest BCUT2D eigenvalue weighted by Gasteiger charge is 2.26. The first-order valence-corrected chi connectivity index (χ1v) is 5.87. The fourth-order valence-corrected chi connectivity index (χ4v) is 2.02. The zero-order valence-corrected chi connectivity index (χ0v) is 9.56. The van der Waals surface area contributed by atoms with Crippen molar-refractivity contribution in [3.05, 3.63) is 24.3 Å². The molecule has 88 valence electrons. The molecule has 16 heavy (non-hydrogen) atoms. The first-order chi connectivity index (χ1) is 7.79. The van der Waals surface area contributed by atoms with E-state index in [1.807, 2.05) is 31.2 Å². The van der Waals surface area contributed by atoms with E-state index in [2.05, 4.69) is 0 Å². The highest BCUT2D eigenvalue weighted by Crippen LogP contribution is 2.26. The molecule has 0 bridgehead atoms. The number of benzene rings is 1. The van der Waals surface area contributed by atoms with Gasteiger partial charge in [-0.2, -0.15) is 0 Å². The van der Waals surface area contributed by atoms with Crippen LogP contribution in [0.15, 0.2) is 24.3 Å². The standard InChI is InChI=1S/C13H18O3/c1-2-15-10-5-3-6-11(9-10)16-13-8-4-7-12(13)14/h3,5-6,9,12-14H,2,4,7-8H2,1H3. The van der Waals surface area contributed by atoms with Crippen molar-refractivity contribution in [3.8, 4) is 11.5 Å². The molecule has 1 N–H and O–H groups in total. The number of rotatable bonds is 4. The normalized spacial score (nSPS) is 24.4. The minimum atomic E-state index is -0.323. The van der Waals surface area contributed by atoms with Gasteiger partial charge in [-0.05, 0) is 38.3 Å². The molecular weight excluding hydrogens is 204 g/mol. The Morgan fingerprint density at radius 1 is 1.31 bits per heavy atom. The average molecular weight is 222 g/mol. The quantitative estimate of drug-likeness (QED) is 0.850. The summed E-state index contributed by atoms with van der Waals surface area (Å²) in [4.78, 5) is 0. The van der Waals surface area contributed by atoms with Gasteiger partial charge in [0, 0.05) is 6.07 Å². The van der Waals surface area contributed by atoms with Crippen LogP contribution in [0, 0.1) is 0 Å². The van der Waals surface area contributed by atoms with Gasteiger partial charge < -0.3 is 14.6 Å². The molecule has 2 atom stereocenters. The predicted molar refractivity (Wildman–Crippen MR) is 61.9 cm³/mol. The van der Waals surface area contributed by atoms with Crippen LogP contribution in [0.5, 0.6) is 11.5 Å². The SMILES string of the molecule is CCOc1cccc(OC2CCCC2O)c1. The van der Waals surface area contributed by atoms with Crippen LogP contribution in [0.2, 0.25) is 0 Å². The van der Waals surface area contributed by atoms with Crippen LogP contribution in [-0.4, -0.2) is 23.9 Å². The molecule has 0 aliphatic heterocycles. The Hall–Kier alpha value is -1.22. The van der Waals surface area contributed by atoms with Gasteiger partial charge in [-0.15, -0.1) is 0 Å². The summed E-state index contributed by atoms with van der Waals surface area (Å²) in [6, 6.07) is 7.57. The topological polar surface area (TPSA) is 38.7 Å². The van der Waals surface area contributed by atoms with Gasteiger partial charge in [0.2, 0.25) is 0 Å². The van der Waals surface area contributed by atoms with Crippen LogP contribution >= 0.6 is 0 Å². The van der Waals surface area contributed by atoms with Gasteiger partial charge >= 0.3 is 0 Å². The summed E-state index contributed by atoms with van der Waals surface area (Å²) in [5.74, 6) is 1.59. The zero-order chi connectivity index (χ0) is 11.4. The molecule has 1 aliphatic carbocycles. The molecule has 0 heterocycles. The summed E-state index contributed by atoms with van der Waals surface area (Å²) in [6.45, 7) is 2.60. The number of hydrogen-bond acceptors (Lipinski definition) is 3. The molecule has 2 rings (SSSR count). The molecule has 0 spiro atoms. The van der Waals surface area contributed by atoms with Crippen molar-refractivity contribution < 1.29 is 14.6 Å². The maximum absolute atomic E-state index is 9.67. The minimum absolute atomic E-state index is 0.0584. The molecule has 0 saturated heterocycles. The number of ether oxygens (including phenoxy) is 2. The van der Waals surface area contributed by atoms with Crippen LogP contribution in [0.3, 0.4) is 0 Å². The molecule has 0 aromatic heterocycles. The second-order valence-corrected chi connectivity index (χ2v) is 4.06. The molecule has 3 heteroatoms. The molecule has 2 unspecified atom stereocenters. The molecule has 1 aliphatic rings. The summed E-state index contributed by atoms with van der Waals surface area (Å²) >= 11 is 0. The van der Waals surface area contributed by atoms with E-state index in [0.29, 0.717) is 6.61 Å². The van der Waals surface area contributed by atoms with E-state index in [1.165, 1.54) is 0 Å². The maximum Gasteiger partial charge on any atom is 0.124 e. The van der Waals surface area contributed by atoms with Crippen molar-refractivity contribution in [1.29, 1.82) is 0 Å². The molecule has 1 aromatic rings. The molecule has 0 amide bonds. The summed E-state index contributed by atoms with van der Waals surface area (Å²) in [7, 11) is 0. The lowest BCUT2D eigenvalue weighted by molar-refractivity contribution is 0.0602. The Bertz CT molecular complexity index is 338. The molecule has 3 nitrogen and oxygen atoms in total. The molecule has 1 fully saturated rings. The summed E-state index contributed by atoms with van der Waals surface area (Å²) in [5, 5.41) is 9.67. The van der Waals surface area contributed by atoms with Gasteiger partial charge in [-0.25, -0.2) is 0 Å². The minimum Gasteiger partial charge on any atom is -0.494 e. The Morgan fingerprint density at radius 3 is 2.81 bits per heavy atom. The van der Waals surface area contributed by atoms with Crippen molar-refractivity contribution in [2.75, 3.05) is 6.61 Å². The molecule has 1 aromatic carbocycles. The van der Waals surface area contributed by atoms with Crippen LogP contribution in [0.4, 0.5) is 0 Å². The van der Waals surface area contributed by atoms with E-state index in [-0.39, 0.29) is 12.2 Å². The van der Waals surface area contributed by atoms with Gasteiger partial charge in [0.05, 0.1) is 12.7 Å². The molecule has 1 saturated carbocycles. The van der Waals surface area contributed by atoms with Crippen LogP contribution in [-0.2, 0) is 0 Å². The highest BCUT2D eigenvalue weighted by atomic mass is 16.5. The predicted octanol–water partition coefficient (Wildman–Crippen LogP) is 2.38. The maximum atomic E-state index is 9.67. The lowest BCUT2D eigenvalue weighted by Gasteiger charge is -2.17. The first kappa shape index (κ1) is 11.3. The Balaban J connectivity index is 2.00. The Labute approximate surface area is 96.0 Å². The van der Waals surface area contributed by atoms with E-state index >= 15 is 0 Å². The van der Waals surface area contributed by atoms with Crippen molar-refractivity contribution in [3.63, 3.8) is 0 Å². The number of hydrogen-bond donors (Lipinski definition) is 1. The average Bonchev–Trinajstić information content (AvgIpc) is 2.66. The largest absolute Gasteiger partial charge is 0.494 e. The van der Waals surface area contributed by atoms with Gasteiger partial charge in [0.25, 0.3) is 0 Å². The fraction of sp³-hybridized carbons (Fsp3) is 0.538. The lowest BCUT2D eigenvalue weighted by atomic mass is 10.2. The van der Waals surface area contributed by atoms with Gasteiger partial charge in [0.15, 0.2) is 0 Å². The number of aliphatic hydroxyl groups excluding tert-OH is 1. The lowest BCUT2D eigenvalue weighted by Crippen LogP contribution is -2.25. The second kappa shape index (κ2) is 5.21. The van der Waals surface area contributed by atoms with E-state index in [9.17, 15) is 5.11 Å². The zero-order valence-electron chi connectivity index (χ0n) is 9.56. The van der Waals surface area contributed by atoms with Crippen LogP contribution in [0.25, 0.3) is 0 Å². The van der Waals surface area contributed by atoms with Gasteiger partial charge in [-0.1, -0.05) is 6.07 Å². The third-order valence-electron chi connectivity index (χ3n) is 2.82. The summed E-state index contributed by atoms with van der Waals surface area (Å²) in [6.07, 6.45) is 2.43. The van der Waals surface area contributed by atoms with E-state index < -0.39 is 0 Å². The molecule has 0 radical (unpaired) electrons. The van der Waals surface area contributed by atoms with Crippen molar-refractivity contribution in [1.82, 2.24) is 0 Å². The van der Waals surface area contributed by atoms with E-state index in [0.717, 1.165) is 30.8 Å². The monoisotopic (exact) mass is 222 g/mol. The Morgan fingerprint density at radius 2 is 2.12 bits per heavy atom.